The smallest absolute Gasteiger partial charge is 0.224 e. The summed E-state index contributed by atoms with van der Waals surface area (Å²) in [4.78, 5) is 16.9. The number of carbonyl (C=O) groups is 1. The van der Waals surface area contributed by atoms with Gasteiger partial charge in [0.2, 0.25) is 5.91 Å². The Bertz CT molecular complexity index is 788. The van der Waals surface area contributed by atoms with E-state index in [1.165, 1.54) is 11.3 Å². The number of amides is 1. The Kier molecular flexibility index (Phi) is 5.82. The van der Waals surface area contributed by atoms with Gasteiger partial charge < -0.3 is 4.90 Å². The van der Waals surface area contributed by atoms with E-state index in [9.17, 15) is 4.79 Å². The zero-order valence-corrected chi connectivity index (χ0v) is 17.6. The number of aryl methyl sites for hydroxylation is 3. The van der Waals surface area contributed by atoms with Crippen LogP contribution in [0.4, 0.5) is 0 Å². The first-order chi connectivity index (χ1) is 12.4. The normalized spacial score (nSPS) is 15.7. The zero-order chi connectivity index (χ0) is 18.8. The molecule has 0 N–H and O–H groups in total. The van der Waals surface area contributed by atoms with E-state index in [2.05, 4.69) is 38.0 Å². The lowest BCUT2D eigenvalue weighted by molar-refractivity contribution is -0.133. The molecular formula is C18H27BrN6O. The molecule has 0 unspecified atom stereocenters. The average Bonchev–Trinajstić information content (AvgIpc) is 3.08. The van der Waals surface area contributed by atoms with Crippen LogP contribution in [0.15, 0.2) is 10.7 Å². The minimum absolute atomic E-state index is 0.214. The van der Waals surface area contributed by atoms with E-state index in [-0.39, 0.29) is 5.91 Å². The van der Waals surface area contributed by atoms with E-state index >= 15 is 0 Å². The van der Waals surface area contributed by atoms with Gasteiger partial charge in [-0.15, -0.1) is 0 Å². The van der Waals surface area contributed by atoms with Gasteiger partial charge in [0, 0.05) is 63.1 Å². The van der Waals surface area contributed by atoms with Crippen molar-refractivity contribution in [3.8, 4) is 0 Å². The summed E-state index contributed by atoms with van der Waals surface area (Å²) in [6.07, 6.45) is 2.44. The second-order valence-corrected chi connectivity index (χ2v) is 7.79. The van der Waals surface area contributed by atoms with Crippen LogP contribution in [0.2, 0.25) is 0 Å². The van der Waals surface area contributed by atoms with Crippen LogP contribution in [0.3, 0.4) is 0 Å². The number of carbonyl (C=O) groups excluding carboxylic acids is 1. The summed E-state index contributed by atoms with van der Waals surface area (Å²) >= 11 is 3.53. The summed E-state index contributed by atoms with van der Waals surface area (Å²) in [5.41, 5.74) is 4.52. The van der Waals surface area contributed by atoms with Crippen LogP contribution in [0.25, 0.3) is 0 Å². The zero-order valence-electron chi connectivity index (χ0n) is 16.0. The summed E-state index contributed by atoms with van der Waals surface area (Å²) in [7, 11) is 1.97. The summed E-state index contributed by atoms with van der Waals surface area (Å²) in [6.45, 7) is 11.0. The van der Waals surface area contributed by atoms with Crippen LogP contribution >= 0.6 is 15.9 Å². The van der Waals surface area contributed by atoms with Crippen LogP contribution < -0.4 is 0 Å². The Balaban J connectivity index is 1.47. The van der Waals surface area contributed by atoms with Crippen LogP contribution in [0.5, 0.6) is 0 Å². The van der Waals surface area contributed by atoms with Crippen molar-refractivity contribution in [3.05, 3.63) is 33.3 Å². The van der Waals surface area contributed by atoms with Gasteiger partial charge in [-0.25, -0.2) is 0 Å². The standard InChI is InChI=1S/C18H27BrN6O/c1-13-18(19)15(3)25(21-13)6-5-17(26)24-9-7-23(8-10-24)12-16-11-20-22(4)14(16)2/h11H,5-10,12H2,1-4H3. The number of aromatic nitrogens is 4. The van der Waals surface area contributed by atoms with Gasteiger partial charge in [0.25, 0.3) is 0 Å². The minimum Gasteiger partial charge on any atom is -0.340 e. The van der Waals surface area contributed by atoms with E-state index < -0.39 is 0 Å². The van der Waals surface area contributed by atoms with Crippen LogP contribution in [0.1, 0.15) is 29.1 Å². The first kappa shape index (κ1) is 19.1. The molecule has 26 heavy (non-hydrogen) atoms. The molecular weight excluding hydrogens is 396 g/mol. The highest BCUT2D eigenvalue weighted by Gasteiger charge is 2.22. The van der Waals surface area contributed by atoms with Crippen molar-refractivity contribution in [2.45, 2.75) is 40.3 Å². The summed E-state index contributed by atoms with van der Waals surface area (Å²) < 4.78 is 4.86. The largest absolute Gasteiger partial charge is 0.340 e. The lowest BCUT2D eigenvalue weighted by Gasteiger charge is -2.34. The second kappa shape index (κ2) is 7.92. The Morgan fingerprint density at radius 1 is 1.15 bits per heavy atom. The highest BCUT2D eigenvalue weighted by Crippen LogP contribution is 2.20. The third kappa shape index (κ3) is 4.01. The fraction of sp³-hybridized carbons (Fsp3) is 0.611. The van der Waals surface area contributed by atoms with Crippen LogP contribution in [-0.2, 0) is 24.9 Å². The fourth-order valence-corrected chi connectivity index (χ4v) is 3.63. The third-order valence-corrected chi connectivity index (χ3v) is 6.43. The molecule has 1 aliphatic rings. The van der Waals surface area contributed by atoms with Gasteiger partial charge in [0.1, 0.15) is 0 Å². The summed E-state index contributed by atoms with van der Waals surface area (Å²) in [6, 6.07) is 0. The fourth-order valence-electron chi connectivity index (χ4n) is 3.35. The molecule has 2 aromatic heterocycles. The lowest BCUT2D eigenvalue weighted by atomic mass is 10.2. The van der Waals surface area contributed by atoms with Crippen molar-refractivity contribution in [2.75, 3.05) is 26.2 Å². The van der Waals surface area contributed by atoms with Crippen molar-refractivity contribution in [1.29, 1.82) is 0 Å². The van der Waals surface area contributed by atoms with E-state index in [1.807, 2.05) is 41.4 Å². The Morgan fingerprint density at radius 2 is 1.85 bits per heavy atom. The molecule has 1 saturated heterocycles. The molecule has 0 bridgehead atoms. The summed E-state index contributed by atoms with van der Waals surface area (Å²) in [5, 5.41) is 8.79. The maximum Gasteiger partial charge on any atom is 0.224 e. The van der Waals surface area contributed by atoms with Crippen molar-refractivity contribution in [3.63, 3.8) is 0 Å². The number of hydrogen-bond donors (Lipinski definition) is 0. The highest BCUT2D eigenvalue weighted by molar-refractivity contribution is 9.10. The monoisotopic (exact) mass is 422 g/mol. The lowest BCUT2D eigenvalue weighted by Crippen LogP contribution is -2.48. The molecule has 0 aliphatic carbocycles. The third-order valence-electron chi connectivity index (χ3n) is 5.29. The molecule has 3 rings (SSSR count). The topological polar surface area (TPSA) is 59.2 Å². The SMILES string of the molecule is Cc1nn(CCC(=O)N2CCN(Cc3cnn(C)c3C)CC2)c(C)c1Br. The Hall–Kier alpha value is -1.67. The quantitative estimate of drug-likeness (QED) is 0.739. The first-order valence-corrected chi connectivity index (χ1v) is 9.83. The van der Waals surface area contributed by atoms with E-state index in [0.29, 0.717) is 13.0 Å². The molecule has 0 radical (unpaired) electrons. The maximum absolute atomic E-state index is 12.5. The van der Waals surface area contributed by atoms with Gasteiger partial charge in [0.15, 0.2) is 0 Å². The molecule has 2 aromatic rings. The predicted molar refractivity (Wildman–Crippen MR) is 104 cm³/mol. The molecule has 0 saturated carbocycles. The molecule has 1 amide bonds. The van der Waals surface area contributed by atoms with Gasteiger partial charge in [0.05, 0.1) is 22.9 Å². The van der Waals surface area contributed by atoms with Gasteiger partial charge in [-0.05, 0) is 36.7 Å². The Labute approximate surface area is 163 Å². The number of halogens is 1. The van der Waals surface area contributed by atoms with Crippen molar-refractivity contribution >= 4 is 21.8 Å². The highest BCUT2D eigenvalue weighted by atomic mass is 79.9. The maximum atomic E-state index is 12.5. The minimum atomic E-state index is 0.214. The van der Waals surface area contributed by atoms with Gasteiger partial charge in [-0.1, -0.05) is 0 Å². The molecule has 0 aromatic carbocycles. The molecule has 7 nitrogen and oxygen atoms in total. The molecule has 3 heterocycles. The molecule has 1 fully saturated rings. The number of hydrogen-bond acceptors (Lipinski definition) is 4. The molecule has 1 aliphatic heterocycles. The molecule has 142 valence electrons. The van der Waals surface area contributed by atoms with Crippen molar-refractivity contribution < 1.29 is 4.79 Å². The van der Waals surface area contributed by atoms with E-state index in [0.717, 1.165) is 48.6 Å². The van der Waals surface area contributed by atoms with Crippen molar-refractivity contribution in [2.24, 2.45) is 7.05 Å². The number of piperazine rings is 1. The van der Waals surface area contributed by atoms with Gasteiger partial charge in [-0.2, -0.15) is 10.2 Å². The summed E-state index contributed by atoms with van der Waals surface area (Å²) in [5.74, 6) is 0.214. The van der Waals surface area contributed by atoms with E-state index in [4.69, 9.17) is 0 Å². The molecule has 0 spiro atoms. The Morgan fingerprint density at radius 3 is 2.38 bits per heavy atom. The van der Waals surface area contributed by atoms with E-state index in [1.54, 1.807) is 0 Å². The number of rotatable bonds is 5. The van der Waals surface area contributed by atoms with Crippen LogP contribution in [0, 0.1) is 20.8 Å². The second-order valence-electron chi connectivity index (χ2n) is 6.99. The predicted octanol–water partition coefficient (Wildman–Crippen LogP) is 2.04. The molecule has 8 heteroatoms. The average molecular weight is 423 g/mol. The number of nitrogens with zero attached hydrogens (tertiary/aromatic N) is 6. The van der Waals surface area contributed by atoms with Gasteiger partial charge >= 0.3 is 0 Å². The first-order valence-electron chi connectivity index (χ1n) is 9.04. The van der Waals surface area contributed by atoms with Crippen molar-refractivity contribution in [1.82, 2.24) is 29.4 Å². The molecule has 0 atom stereocenters. The van der Waals surface area contributed by atoms with Gasteiger partial charge in [-0.3, -0.25) is 19.1 Å². The van der Waals surface area contributed by atoms with Crippen LogP contribution in [-0.4, -0.2) is 61.4 Å².